The van der Waals surface area contributed by atoms with Gasteiger partial charge in [0, 0.05) is 12.6 Å². The second-order valence-corrected chi connectivity index (χ2v) is 3.46. The summed E-state index contributed by atoms with van der Waals surface area (Å²) in [5, 5.41) is 8.52. The summed E-state index contributed by atoms with van der Waals surface area (Å²) in [6, 6.07) is 1.72. The van der Waals surface area contributed by atoms with Crippen LogP contribution in [0.25, 0.3) is 0 Å². The molecule has 0 atom stereocenters. The Labute approximate surface area is 90.0 Å². The van der Waals surface area contributed by atoms with Crippen LogP contribution in [0.1, 0.15) is 12.1 Å². The third-order valence-electron chi connectivity index (χ3n) is 1.72. The Kier molecular flexibility index (Phi) is 3.88. The summed E-state index contributed by atoms with van der Waals surface area (Å²) in [6.45, 7) is 0. The van der Waals surface area contributed by atoms with Crippen molar-refractivity contribution in [1.29, 1.82) is 0 Å². The maximum atomic E-state index is 10.4. The monoisotopic (exact) mass is 259 g/mol. The van der Waals surface area contributed by atoms with Crippen LogP contribution in [-0.4, -0.2) is 23.2 Å². The molecule has 1 heterocycles. The summed E-state index contributed by atoms with van der Waals surface area (Å²) in [5.41, 5.74) is 0.701. The van der Waals surface area contributed by atoms with Gasteiger partial charge in [0.05, 0.1) is 23.7 Å². The molecule has 0 aromatic carbocycles. The SMILES string of the molecule is COc1ccnc(CCC(=O)O)c1Br. The van der Waals surface area contributed by atoms with Crippen LogP contribution in [0.5, 0.6) is 5.75 Å². The lowest BCUT2D eigenvalue weighted by molar-refractivity contribution is -0.136. The van der Waals surface area contributed by atoms with Crippen molar-refractivity contribution in [2.24, 2.45) is 0 Å². The standard InChI is InChI=1S/C9H10BrNO3/c1-14-7-4-5-11-6(9(7)10)2-3-8(12)13/h4-5H,2-3H2,1H3,(H,12,13). The number of carbonyl (C=O) groups is 1. The van der Waals surface area contributed by atoms with E-state index in [0.29, 0.717) is 17.9 Å². The average Bonchev–Trinajstić information content (AvgIpc) is 2.16. The number of carboxylic acids is 1. The van der Waals surface area contributed by atoms with E-state index in [4.69, 9.17) is 9.84 Å². The zero-order valence-corrected chi connectivity index (χ0v) is 9.24. The molecule has 1 N–H and O–H groups in total. The van der Waals surface area contributed by atoms with Crippen LogP contribution in [0.3, 0.4) is 0 Å². The molecule has 1 aromatic rings. The number of carboxylic acid groups (broad SMARTS) is 1. The highest BCUT2D eigenvalue weighted by Gasteiger charge is 2.08. The number of halogens is 1. The molecular weight excluding hydrogens is 250 g/mol. The molecule has 0 amide bonds. The van der Waals surface area contributed by atoms with Gasteiger partial charge in [-0.25, -0.2) is 0 Å². The first-order chi connectivity index (χ1) is 6.65. The van der Waals surface area contributed by atoms with Gasteiger partial charge in [0.2, 0.25) is 0 Å². The summed E-state index contributed by atoms with van der Waals surface area (Å²) in [7, 11) is 1.56. The van der Waals surface area contributed by atoms with Crippen molar-refractivity contribution in [3.63, 3.8) is 0 Å². The number of aryl methyl sites for hydroxylation is 1. The Morgan fingerprint density at radius 1 is 1.71 bits per heavy atom. The molecule has 14 heavy (non-hydrogen) atoms. The molecule has 5 heteroatoms. The molecule has 0 saturated heterocycles. The van der Waals surface area contributed by atoms with Crippen LogP contribution in [0.4, 0.5) is 0 Å². The topological polar surface area (TPSA) is 59.4 Å². The van der Waals surface area contributed by atoms with Crippen molar-refractivity contribution in [1.82, 2.24) is 4.98 Å². The number of ether oxygens (including phenoxy) is 1. The summed E-state index contributed by atoms with van der Waals surface area (Å²) in [5.74, 6) is -0.165. The van der Waals surface area contributed by atoms with Crippen molar-refractivity contribution in [2.75, 3.05) is 7.11 Å². The molecule has 0 spiro atoms. The van der Waals surface area contributed by atoms with Crippen LogP contribution < -0.4 is 4.74 Å². The van der Waals surface area contributed by atoms with Crippen LogP contribution in [-0.2, 0) is 11.2 Å². The van der Waals surface area contributed by atoms with Crippen molar-refractivity contribution in [3.05, 3.63) is 22.4 Å². The first kappa shape index (κ1) is 11.0. The fourth-order valence-corrected chi connectivity index (χ4v) is 1.62. The van der Waals surface area contributed by atoms with Gasteiger partial charge in [-0.2, -0.15) is 0 Å². The summed E-state index contributed by atoms with van der Waals surface area (Å²) >= 11 is 3.31. The second-order valence-electron chi connectivity index (χ2n) is 2.67. The quantitative estimate of drug-likeness (QED) is 0.897. The minimum absolute atomic E-state index is 0.0682. The predicted molar refractivity (Wildman–Crippen MR) is 54.4 cm³/mol. The largest absolute Gasteiger partial charge is 0.495 e. The Morgan fingerprint density at radius 2 is 2.43 bits per heavy atom. The van der Waals surface area contributed by atoms with Gasteiger partial charge >= 0.3 is 5.97 Å². The van der Waals surface area contributed by atoms with E-state index in [0.717, 1.165) is 4.47 Å². The number of methoxy groups -OCH3 is 1. The van der Waals surface area contributed by atoms with Gasteiger partial charge in [0.25, 0.3) is 0 Å². The molecule has 76 valence electrons. The van der Waals surface area contributed by atoms with Gasteiger partial charge in [-0.15, -0.1) is 0 Å². The van der Waals surface area contributed by atoms with Gasteiger partial charge < -0.3 is 9.84 Å². The molecule has 0 fully saturated rings. The maximum absolute atomic E-state index is 10.4. The van der Waals surface area contributed by atoms with Crippen LogP contribution in [0.2, 0.25) is 0 Å². The molecule has 0 unspecified atom stereocenters. The molecule has 0 aliphatic carbocycles. The highest BCUT2D eigenvalue weighted by molar-refractivity contribution is 9.10. The first-order valence-corrected chi connectivity index (χ1v) is 4.83. The fourth-order valence-electron chi connectivity index (χ4n) is 1.02. The number of aromatic nitrogens is 1. The lowest BCUT2D eigenvalue weighted by Gasteiger charge is -2.06. The summed E-state index contributed by atoms with van der Waals surface area (Å²) < 4.78 is 5.78. The molecule has 0 aliphatic rings. The Hall–Kier alpha value is -1.10. The molecule has 1 rings (SSSR count). The summed E-state index contributed by atoms with van der Waals surface area (Å²) in [6.07, 6.45) is 2.06. The zero-order valence-electron chi connectivity index (χ0n) is 7.66. The van der Waals surface area contributed by atoms with Crippen LogP contribution in [0, 0.1) is 0 Å². The Balaban J connectivity index is 2.81. The minimum Gasteiger partial charge on any atom is -0.495 e. The van der Waals surface area contributed by atoms with E-state index in [1.807, 2.05) is 0 Å². The van der Waals surface area contributed by atoms with E-state index >= 15 is 0 Å². The van der Waals surface area contributed by atoms with Gasteiger partial charge in [-0.05, 0) is 22.0 Å². The number of nitrogens with zero attached hydrogens (tertiary/aromatic N) is 1. The maximum Gasteiger partial charge on any atom is 0.303 e. The minimum atomic E-state index is -0.832. The van der Waals surface area contributed by atoms with Crippen molar-refractivity contribution < 1.29 is 14.6 Å². The van der Waals surface area contributed by atoms with Gasteiger partial charge in [-0.3, -0.25) is 9.78 Å². The normalized spacial score (nSPS) is 9.86. The molecule has 0 bridgehead atoms. The van der Waals surface area contributed by atoms with E-state index in [1.54, 1.807) is 19.4 Å². The van der Waals surface area contributed by atoms with E-state index < -0.39 is 5.97 Å². The smallest absolute Gasteiger partial charge is 0.303 e. The third kappa shape index (κ3) is 2.70. The fraction of sp³-hybridized carbons (Fsp3) is 0.333. The third-order valence-corrected chi connectivity index (χ3v) is 2.57. The highest BCUT2D eigenvalue weighted by atomic mass is 79.9. The van der Waals surface area contributed by atoms with E-state index in [2.05, 4.69) is 20.9 Å². The van der Waals surface area contributed by atoms with Crippen molar-refractivity contribution >= 4 is 21.9 Å². The number of aliphatic carboxylic acids is 1. The summed E-state index contributed by atoms with van der Waals surface area (Å²) in [4.78, 5) is 14.4. The van der Waals surface area contributed by atoms with E-state index in [9.17, 15) is 4.79 Å². The number of pyridine rings is 1. The van der Waals surface area contributed by atoms with Gasteiger partial charge in [0.15, 0.2) is 0 Å². The second kappa shape index (κ2) is 4.95. The predicted octanol–water partition coefficient (Wildman–Crippen LogP) is 1.87. The van der Waals surface area contributed by atoms with Crippen LogP contribution >= 0.6 is 15.9 Å². The van der Waals surface area contributed by atoms with Gasteiger partial charge in [-0.1, -0.05) is 0 Å². The molecule has 0 aliphatic heterocycles. The Morgan fingerprint density at radius 3 is 3.00 bits per heavy atom. The lowest BCUT2D eigenvalue weighted by atomic mass is 10.2. The zero-order chi connectivity index (χ0) is 10.6. The van der Waals surface area contributed by atoms with Gasteiger partial charge in [0.1, 0.15) is 5.75 Å². The average molecular weight is 260 g/mol. The molecular formula is C9H10BrNO3. The lowest BCUT2D eigenvalue weighted by Crippen LogP contribution is -2.00. The van der Waals surface area contributed by atoms with Crippen LogP contribution in [0.15, 0.2) is 16.7 Å². The van der Waals surface area contributed by atoms with E-state index in [1.165, 1.54) is 0 Å². The molecule has 4 nitrogen and oxygen atoms in total. The Bertz CT molecular complexity index is 341. The van der Waals surface area contributed by atoms with Crippen molar-refractivity contribution in [2.45, 2.75) is 12.8 Å². The van der Waals surface area contributed by atoms with Crippen molar-refractivity contribution in [3.8, 4) is 5.75 Å². The molecule has 0 radical (unpaired) electrons. The molecule has 0 saturated carbocycles. The molecule has 1 aromatic heterocycles. The number of hydrogen-bond donors (Lipinski definition) is 1. The highest BCUT2D eigenvalue weighted by Crippen LogP contribution is 2.27. The van der Waals surface area contributed by atoms with E-state index in [-0.39, 0.29) is 6.42 Å². The number of hydrogen-bond acceptors (Lipinski definition) is 3. The number of rotatable bonds is 4. The first-order valence-electron chi connectivity index (χ1n) is 4.04.